The van der Waals surface area contributed by atoms with Crippen LogP contribution < -0.4 is 5.32 Å². The largest absolute Gasteiger partial charge is 0.478 e. The lowest BCUT2D eigenvalue weighted by atomic mass is 9.97. The Morgan fingerprint density at radius 1 is 1.00 bits per heavy atom. The summed E-state index contributed by atoms with van der Waals surface area (Å²) in [5, 5.41) is 11.9. The maximum atomic E-state index is 12.5. The molecule has 6 nitrogen and oxygen atoms in total. The van der Waals surface area contributed by atoms with Crippen molar-refractivity contribution in [2.45, 2.75) is 45.1 Å². The summed E-state index contributed by atoms with van der Waals surface area (Å²) < 4.78 is 0. The van der Waals surface area contributed by atoms with Crippen molar-refractivity contribution in [1.29, 1.82) is 0 Å². The number of carboxylic acids is 1. The molecule has 2 amide bonds. The zero-order valence-electron chi connectivity index (χ0n) is 16.0. The van der Waals surface area contributed by atoms with Gasteiger partial charge in [-0.05, 0) is 62.4 Å². The van der Waals surface area contributed by atoms with Crippen LogP contribution in [0, 0.1) is 5.92 Å². The molecule has 2 aliphatic rings. The SMILES string of the molecule is O=C(O)c1ccc(CNC(=O)N2CCCC(CN3CCCCCC3)C2)cc1. The Labute approximate surface area is 161 Å². The molecule has 1 unspecified atom stereocenters. The van der Waals surface area contributed by atoms with Gasteiger partial charge in [-0.3, -0.25) is 0 Å². The lowest BCUT2D eigenvalue weighted by Gasteiger charge is -2.35. The van der Waals surface area contributed by atoms with Crippen LogP contribution in [-0.4, -0.2) is 59.6 Å². The molecule has 0 aliphatic carbocycles. The number of nitrogens with one attached hydrogen (secondary N) is 1. The number of amides is 2. The molecule has 6 heteroatoms. The standard InChI is InChI=1S/C21H31N3O3/c25-20(26)19-9-7-17(8-10-19)14-22-21(27)24-13-5-6-18(16-24)15-23-11-3-1-2-4-12-23/h7-10,18H,1-6,11-16H2,(H,22,27)(H,25,26). The van der Waals surface area contributed by atoms with Crippen LogP contribution in [0.3, 0.4) is 0 Å². The van der Waals surface area contributed by atoms with Crippen LogP contribution in [0.4, 0.5) is 4.79 Å². The number of likely N-dealkylation sites (tertiary alicyclic amines) is 2. The minimum absolute atomic E-state index is 0.0159. The number of hydrogen-bond acceptors (Lipinski definition) is 3. The first kappa shape index (κ1) is 19.7. The predicted molar refractivity (Wildman–Crippen MR) is 105 cm³/mol. The molecule has 27 heavy (non-hydrogen) atoms. The van der Waals surface area contributed by atoms with Crippen LogP contribution in [0.25, 0.3) is 0 Å². The molecule has 1 aromatic carbocycles. The van der Waals surface area contributed by atoms with Crippen LogP contribution in [0.5, 0.6) is 0 Å². The Kier molecular flexibility index (Phi) is 7.10. The van der Waals surface area contributed by atoms with Crippen LogP contribution in [0.15, 0.2) is 24.3 Å². The molecular formula is C21H31N3O3. The summed E-state index contributed by atoms with van der Waals surface area (Å²) in [6.07, 6.45) is 7.58. The van der Waals surface area contributed by atoms with Gasteiger partial charge in [0.25, 0.3) is 0 Å². The van der Waals surface area contributed by atoms with E-state index in [0.29, 0.717) is 12.5 Å². The highest BCUT2D eigenvalue weighted by atomic mass is 16.4. The lowest BCUT2D eigenvalue weighted by molar-refractivity contribution is 0.0697. The minimum Gasteiger partial charge on any atom is -0.478 e. The van der Waals surface area contributed by atoms with E-state index in [4.69, 9.17) is 5.11 Å². The van der Waals surface area contributed by atoms with Crippen LogP contribution in [0.1, 0.15) is 54.4 Å². The second kappa shape index (κ2) is 9.74. The molecule has 1 aromatic rings. The van der Waals surface area contributed by atoms with Crippen molar-refractivity contribution in [3.63, 3.8) is 0 Å². The first-order valence-electron chi connectivity index (χ1n) is 10.2. The third-order valence-corrected chi connectivity index (χ3v) is 5.67. The van der Waals surface area contributed by atoms with Gasteiger partial charge >= 0.3 is 12.0 Å². The summed E-state index contributed by atoms with van der Waals surface area (Å²) in [6.45, 7) is 5.59. The number of hydrogen-bond donors (Lipinski definition) is 2. The van der Waals surface area contributed by atoms with Gasteiger partial charge in [0, 0.05) is 26.2 Å². The molecule has 0 saturated carbocycles. The lowest BCUT2D eigenvalue weighted by Crippen LogP contribution is -2.47. The smallest absolute Gasteiger partial charge is 0.335 e. The van der Waals surface area contributed by atoms with Gasteiger partial charge in [-0.15, -0.1) is 0 Å². The Bertz CT molecular complexity index is 624. The third kappa shape index (κ3) is 5.96. The second-order valence-electron chi connectivity index (χ2n) is 7.83. The number of piperidine rings is 1. The van der Waals surface area contributed by atoms with Crippen molar-refractivity contribution < 1.29 is 14.7 Å². The second-order valence-corrected chi connectivity index (χ2v) is 7.83. The zero-order valence-corrected chi connectivity index (χ0v) is 16.0. The first-order chi connectivity index (χ1) is 13.1. The van der Waals surface area contributed by atoms with Crippen molar-refractivity contribution in [3.8, 4) is 0 Å². The fourth-order valence-electron chi connectivity index (χ4n) is 4.14. The van der Waals surface area contributed by atoms with Gasteiger partial charge in [0.15, 0.2) is 0 Å². The highest BCUT2D eigenvalue weighted by Crippen LogP contribution is 2.20. The number of carboxylic acid groups (broad SMARTS) is 1. The molecule has 148 valence electrons. The Morgan fingerprint density at radius 2 is 1.70 bits per heavy atom. The molecule has 2 fully saturated rings. The van der Waals surface area contributed by atoms with E-state index in [2.05, 4.69) is 10.2 Å². The average molecular weight is 373 g/mol. The molecule has 0 aromatic heterocycles. The highest BCUT2D eigenvalue weighted by molar-refractivity contribution is 5.87. The van der Waals surface area contributed by atoms with Crippen molar-refractivity contribution in [2.75, 3.05) is 32.7 Å². The van der Waals surface area contributed by atoms with E-state index in [1.807, 2.05) is 4.90 Å². The molecule has 2 saturated heterocycles. The zero-order chi connectivity index (χ0) is 19.1. The summed E-state index contributed by atoms with van der Waals surface area (Å²) in [4.78, 5) is 28.0. The summed E-state index contributed by atoms with van der Waals surface area (Å²) >= 11 is 0. The van der Waals surface area contributed by atoms with E-state index in [1.54, 1.807) is 24.3 Å². The molecule has 2 heterocycles. The number of benzene rings is 1. The number of carbonyl (C=O) groups excluding carboxylic acids is 1. The topological polar surface area (TPSA) is 72.9 Å². The van der Waals surface area contributed by atoms with Gasteiger partial charge < -0.3 is 20.2 Å². The maximum absolute atomic E-state index is 12.5. The Morgan fingerprint density at radius 3 is 2.37 bits per heavy atom. The minimum atomic E-state index is -0.936. The summed E-state index contributed by atoms with van der Waals surface area (Å²) in [5.74, 6) is -0.369. The molecule has 1 atom stereocenters. The molecule has 0 bridgehead atoms. The number of carbonyl (C=O) groups is 2. The molecule has 0 spiro atoms. The summed E-state index contributed by atoms with van der Waals surface area (Å²) in [5.41, 5.74) is 1.17. The maximum Gasteiger partial charge on any atom is 0.335 e. The number of nitrogens with zero attached hydrogens (tertiary/aromatic N) is 2. The highest BCUT2D eigenvalue weighted by Gasteiger charge is 2.25. The van der Waals surface area contributed by atoms with Crippen molar-refractivity contribution in [1.82, 2.24) is 15.1 Å². The molecular weight excluding hydrogens is 342 g/mol. The quantitative estimate of drug-likeness (QED) is 0.831. The van der Waals surface area contributed by atoms with Gasteiger partial charge in [-0.1, -0.05) is 25.0 Å². The predicted octanol–water partition coefficient (Wildman–Crippen LogP) is 3.18. The van der Waals surface area contributed by atoms with Gasteiger partial charge in [0.05, 0.1) is 5.56 Å². The summed E-state index contributed by atoms with van der Waals surface area (Å²) in [7, 11) is 0. The fourth-order valence-corrected chi connectivity index (χ4v) is 4.14. The summed E-state index contributed by atoms with van der Waals surface area (Å²) in [6, 6.07) is 6.63. The van der Waals surface area contributed by atoms with Gasteiger partial charge in [0.1, 0.15) is 0 Å². The Balaban J connectivity index is 1.45. The normalized spacial score (nSPS) is 21.5. The number of aromatic carboxylic acids is 1. The van der Waals surface area contributed by atoms with Crippen LogP contribution in [0.2, 0.25) is 0 Å². The van der Waals surface area contributed by atoms with Crippen molar-refractivity contribution in [2.24, 2.45) is 5.92 Å². The molecule has 3 rings (SSSR count). The van der Waals surface area contributed by atoms with Crippen molar-refractivity contribution in [3.05, 3.63) is 35.4 Å². The van der Waals surface area contributed by atoms with E-state index in [-0.39, 0.29) is 11.6 Å². The van der Waals surface area contributed by atoms with E-state index in [0.717, 1.165) is 31.6 Å². The van der Waals surface area contributed by atoms with Crippen LogP contribution >= 0.6 is 0 Å². The van der Waals surface area contributed by atoms with E-state index >= 15 is 0 Å². The molecule has 2 N–H and O–H groups in total. The van der Waals surface area contributed by atoms with Gasteiger partial charge in [-0.2, -0.15) is 0 Å². The van der Waals surface area contributed by atoms with Crippen molar-refractivity contribution >= 4 is 12.0 Å². The molecule has 0 radical (unpaired) electrons. The third-order valence-electron chi connectivity index (χ3n) is 5.67. The number of rotatable bonds is 5. The average Bonchev–Trinajstić information content (AvgIpc) is 2.95. The van der Waals surface area contributed by atoms with E-state index in [1.165, 1.54) is 45.2 Å². The monoisotopic (exact) mass is 373 g/mol. The van der Waals surface area contributed by atoms with Crippen LogP contribution in [-0.2, 0) is 6.54 Å². The van der Waals surface area contributed by atoms with Gasteiger partial charge in [-0.25, -0.2) is 9.59 Å². The van der Waals surface area contributed by atoms with Gasteiger partial charge in [0.2, 0.25) is 0 Å². The van der Waals surface area contributed by atoms with E-state index in [9.17, 15) is 9.59 Å². The number of urea groups is 1. The first-order valence-corrected chi connectivity index (χ1v) is 10.2. The van der Waals surface area contributed by atoms with E-state index < -0.39 is 5.97 Å². The fraction of sp³-hybridized carbons (Fsp3) is 0.619. The molecule has 2 aliphatic heterocycles. The Hall–Kier alpha value is -2.08.